The van der Waals surface area contributed by atoms with Gasteiger partial charge in [0.25, 0.3) is 0 Å². The molecule has 13 heteroatoms. The minimum absolute atomic E-state index is 0.188. The molecule has 4 heterocycles. The fourth-order valence-electron chi connectivity index (χ4n) is 4.71. The van der Waals surface area contributed by atoms with Crippen molar-refractivity contribution in [3.8, 4) is 28.7 Å². The van der Waals surface area contributed by atoms with Crippen molar-refractivity contribution in [2.24, 2.45) is 0 Å². The molecule has 1 aliphatic carbocycles. The van der Waals surface area contributed by atoms with Gasteiger partial charge in [-0.25, -0.2) is 24.5 Å². The highest BCUT2D eigenvalue weighted by molar-refractivity contribution is 6.31. The van der Waals surface area contributed by atoms with E-state index in [4.69, 9.17) is 21.3 Å². The summed E-state index contributed by atoms with van der Waals surface area (Å²) in [6.45, 7) is 4.03. The van der Waals surface area contributed by atoms with Crippen molar-refractivity contribution in [1.82, 2.24) is 34.1 Å². The molecule has 1 saturated carbocycles. The number of ether oxygens (including phenoxy) is 1. The number of methoxy groups -OCH3 is 1. The van der Waals surface area contributed by atoms with E-state index in [1.807, 2.05) is 26.0 Å². The Morgan fingerprint density at radius 1 is 1.10 bits per heavy atom. The molecule has 4 aromatic heterocycles. The average Bonchev–Trinajstić information content (AvgIpc) is 3.56. The summed E-state index contributed by atoms with van der Waals surface area (Å²) in [7, 11) is 1.55. The van der Waals surface area contributed by atoms with Crippen LogP contribution in [-0.4, -0.2) is 41.2 Å². The van der Waals surface area contributed by atoms with Gasteiger partial charge < -0.3 is 14.6 Å². The van der Waals surface area contributed by atoms with Gasteiger partial charge >= 0.3 is 6.18 Å². The SMILES string of the molecule is COc1ncnc(C2CC2)c1-c1nc(NCc2ccc(-c3nc(C(F)(F)F)cn3C(C)C)cc2)c2cc(Cl)cn2n1. The summed E-state index contributed by atoms with van der Waals surface area (Å²) in [5.74, 6) is 1.92. The molecule has 5 aromatic rings. The number of fused-ring (bicyclic) bond motifs is 1. The fourth-order valence-corrected chi connectivity index (χ4v) is 4.91. The van der Waals surface area contributed by atoms with Gasteiger partial charge in [0.05, 0.1) is 17.8 Å². The maximum absolute atomic E-state index is 13.3. The summed E-state index contributed by atoms with van der Waals surface area (Å²) in [6.07, 6.45) is 1.78. The Kier molecular flexibility index (Phi) is 6.80. The molecule has 0 atom stereocenters. The second kappa shape index (κ2) is 10.3. The van der Waals surface area contributed by atoms with E-state index in [2.05, 4.69) is 25.4 Å². The number of benzene rings is 1. The van der Waals surface area contributed by atoms with Crippen molar-refractivity contribution in [3.63, 3.8) is 0 Å². The van der Waals surface area contributed by atoms with Crippen LogP contribution in [0.3, 0.4) is 0 Å². The predicted octanol–water partition coefficient (Wildman–Crippen LogP) is 6.80. The van der Waals surface area contributed by atoms with E-state index < -0.39 is 11.9 Å². The minimum Gasteiger partial charge on any atom is -0.480 e. The number of rotatable bonds is 8. The van der Waals surface area contributed by atoms with Crippen molar-refractivity contribution in [3.05, 3.63) is 71.0 Å². The molecule has 0 radical (unpaired) electrons. The zero-order chi connectivity index (χ0) is 28.9. The highest BCUT2D eigenvalue weighted by Gasteiger charge is 2.35. The third-order valence-corrected chi connectivity index (χ3v) is 7.11. The quantitative estimate of drug-likeness (QED) is 0.215. The first-order valence-electron chi connectivity index (χ1n) is 13.1. The van der Waals surface area contributed by atoms with Crippen LogP contribution in [0.25, 0.3) is 28.3 Å². The van der Waals surface area contributed by atoms with Gasteiger partial charge in [-0.15, -0.1) is 5.10 Å². The lowest BCUT2D eigenvalue weighted by molar-refractivity contribution is -0.140. The van der Waals surface area contributed by atoms with Crippen molar-refractivity contribution in [1.29, 1.82) is 0 Å². The molecule has 6 rings (SSSR count). The van der Waals surface area contributed by atoms with E-state index in [0.29, 0.717) is 51.7 Å². The Labute approximate surface area is 238 Å². The summed E-state index contributed by atoms with van der Waals surface area (Å²) in [5.41, 5.74) is 2.75. The van der Waals surface area contributed by atoms with Gasteiger partial charge in [-0.2, -0.15) is 13.2 Å². The number of hydrogen-bond donors (Lipinski definition) is 1. The third-order valence-electron chi connectivity index (χ3n) is 6.90. The lowest BCUT2D eigenvalue weighted by atomic mass is 10.1. The second-order valence-electron chi connectivity index (χ2n) is 10.2. The Bertz CT molecular complexity index is 1730. The minimum atomic E-state index is -4.52. The number of alkyl halides is 3. The van der Waals surface area contributed by atoms with Crippen LogP contribution in [0, 0.1) is 0 Å². The highest BCUT2D eigenvalue weighted by Crippen LogP contribution is 2.45. The zero-order valence-corrected chi connectivity index (χ0v) is 23.2. The fraction of sp³-hybridized carbons (Fsp3) is 0.321. The number of anilines is 1. The lowest BCUT2D eigenvalue weighted by Crippen LogP contribution is -2.09. The largest absolute Gasteiger partial charge is 0.480 e. The molecule has 0 unspecified atom stereocenters. The van der Waals surface area contributed by atoms with Gasteiger partial charge in [0.15, 0.2) is 17.3 Å². The van der Waals surface area contributed by atoms with Crippen LogP contribution in [0.1, 0.15) is 55.6 Å². The van der Waals surface area contributed by atoms with Crippen molar-refractivity contribution >= 4 is 22.9 Å². The maximum atomic E-state index is 13.3. The molecule has 212 valence electrons. The normalized spacial score (nSPS) is 13.8. The number of nitrogens with one attached hydrogen (secondary N) is 1. The summed E-state index contributed by atoms with van der Waals surface area (Å²) >= 11 is 6.32. The summed E-state index contributed by atoms with van der Waals surface area (Å²) in [5, 5.41) is 8.54. The lowest BCUT2D eigenvalue weighted by Gasteiger charge is -2.14. The maximum Gasteiger partial charge on any atom is 0.434 e. The molecule has 0 bridgehead atoms. The molecular weight excluding hydrogens is 557 g/mol. The topological polar surface area (TPSA) is 95.0 Å². The predicted molar refractivity (Wildman–Crippen MR) is 148 cm³/mol. The Hall–Kier alpha value is -4.19. The van der Waals surface area contributed by atoms with Gasteiger partial charge in [-0.3, -0.25) is 0 Å². The number of halogens is 4. The molecule has 9 nitrogen and oxygen atoms in total. The molecule has 0 saturated heterocycles. The van der Waals surface area contributed by atoms with Gasteiger partial charge in [0.2, 0.25) is 5.88 Å². The Balaban J connectivity index is 1.31. The molecular formula is C28H26ClF3N8O. The van der Waals surface area contributed by atoms with E-state index in [1.54, 1.807) is 36.0 Å². The first-order chi connectivity index (χ1) is 19.6. The van der Waals surface area contributed by atoms with Crippen LogP contribution in [0.5, 0.6) is 5.88 Å². The molecule has 41 heavy (non-hydrogen) atoms. The number of nitrogens with zero attached hydrogens (tertiary/aromatic N) is 7. The van der Waals surface area contributed by atoms with Crippen LogP contribution < -0.4 is 10.1 Å². The van der Waals surface area contributed by atoms with Crippen LogP contribution in [0.2, 0.25) is 5.02 Å². The van der Waals surface area contributed by atoms with Gasteiger partial charge in [-0.1, -0.05) is 35.9 Å². The summed E-state index contributed by atoms with van der Waals surface area (Å²) < 4.78 is 48.7. The summed E-state index contributed by atoms with van der Waals surface area (Å²) in [4.78, 5) is 17.5. The monoisotopic (exact) mass is 582 g/mol. The third kappa shape index (κ3) is 5.31. The molecule has 0 spiro atoms. The van der Waals surface area contributed by atoms with Crippen LogP contribution in [0.15, 0.2) is 49.1 Å². The molecule has 1 aromatic carbocycles. The zero-order valence-electron chi connectivity index (χ0n) is 22.4. The van der Waals surface area contributed by atoms with Gasteiger partial charge in [-0.05, 0) is 38.3 Å². The van der Waals surface area contributed by atoms with Gasteiger partial charge in [0.1, 0.15) is 23.2 Å². The van der Waals surface area contributed by atoms with Crippen molar-refractivity contribution < 1.29 is 17.9 Å². The number of aromatic nitrogens is 7. The van der Waals surface area contributed by atoms with E-state index in [0.717, 1.165) is 30.3 Å². The van der Waals surface area contributed by atoms with E-state index in [-0.39, 0.29) is 11.9 Å². The van der Waals surface area contributed by atoms with E-state index in [9.17, 15) is 13.2 Å². The van der Waals surface area contributed by atoms with Crippen LogP contribution >= 0.6 is 11.6 Å². The van der Waals surface area contributed by atoms with Gasteiger partial charge in [0, 0.05) is 36.5 Å². The molecule has 1 fully saturated rings. The van der Waals surface area contributed by atoms with Crippen molar-refractivity contribution in [2.75, 3.05) is 12.4 Å². The Morgan fingerprint density at radius 2 is 1.85 bits per heavy atom. The Morgan fingerprint density at radius 3 is 2.51 bits per heavy atom. The second-order valence-corrected chi connectivity index (χ2v) is 10.6. The summed E-state index contributed by atoms with van der Waals surface area (Å²) in [6, 6.07) is 8.80. The average molecular weight is 583 g/mol. The standard InChI is InChI=1S/C28H26ClF3N8O/c1-15(2)39-13-21(28(30,31)32)36-26(39)18-6-4-16(5-7-18)11-33-24-20-10-19(29)12-40(20)38-25(37-24)22-23(17-8-9-17)34-14-35-27(22)41-3/h4-7,10,12-15,17H,8-9,11H2,1-3H3,(H,33,37,38). The molecule has 0 aliphatic heterocycles. The first-order valence-corrected chi connectivity index (χ1v) is 13.4. The van der Waals surface area contributed by atoms with Crippen molar-refractivity contribution in [2.45, 2.75) is 51.4 Å². The van der Waals surface area contributed by atoms with E-state index >= 15 is 0 Å². The van der Waals surface area contributed by atoms with Crippen LogP contribution in [-0.2, 0) is 12.7 Å². The molecule has 1 aliphatic rings. The highest BCUT2D eigenvalue weighted by atomic mass is 35.5. The molecule has 1 N–H and O–H groups in total. The molecule has 0 amide bonds. The van der Waals surface area contributed by atoms with E-state index in [1.165, 1.54) is 10.9 Å². The van der Waals surface area contributed by atoms with Crippen LogP contribution in [0.4, 0.5) is 19.0 Å². The number of imidazole rings is 1. The first kappa shape index (κ1) is 27.0. The smallest absolute Gasteiger partial charge is 0.434 e. The number of hydrogen-bond acceptors (Lipinski definition) is 7.